The number of hydrogen-bond acceptors (Lipinski definition) is 3. The lowest BCUT2D eigenvalue weighted by molar-refractivity contribution is -0.136. The summed E-state index contributed by atoms with van der Waals surface area (Å²) in [6.45, 7) is 1.96. The van der Waals surface area contributed by atoms with Crippen LogP contribution in [0.25, 0.3) is 0 Å². The van der Waals surface area contributed by atoms with Crippen molar-refractivity contribution in [2.24, 2.45) is 0 Å². The third-order valence-corrected chi connectivity index (χ3v) is 4.77. The van der Waals surface area contributed by atoms with E-state index < -0.39 is 11.2 Å². The Labute approximate surface area is 130 Å². The van der Waals surface area contributed by atoms with E-state index in [0.717, 1.165) is 20.6 Å². The molecule has 0 aliphatic heterocycles. The molecule has 0 saturated carbocycles. The van der Waals surface area contributed by atoms with Crippen LogP contribution in [0.15, 0.2) is 52.1 Å². The third-order valence-electron chi connectivity index (χ3n) is 2.82. The molecule has 0 amide bonds. The van der Waals surface area contributed by atoms with E-state index in [4.69, 9.17) is 0 Å². The van der Waals surface area contributed by atoms with Crippen molar-refractivity contribution in [3.63, 3.8) is 0 Å². The number of thioether (sulfide) groups is 1. The van der Waals surface area contributed by atoms with Gasteiger partial charge in [0.05, 0.1) is 5.03 Å². The molecule has 1 unspecified atom stereocenters. The lowest BCUT2D eigenvalue weighted by Crippen LogP contribution is -2.19. The zero-order chi connectivity index (χ0) is 14.5. The molecule has 1 atom stereocenters. The molecule has 0 saturated heterocycles. The molecule has 1 heterocycles. The lowest BCUT2D eigenvalue weighted by Gasteiger charge is -2.12. The number of aliphatic carboxylic acids is 1. The van der Waals surface area contributed by atoms with Crippen molar-refractivity contribution in [3.8, 4) is 0 Å². The van der Waals surface area contributed by atoms with E-state index in [-0.39, 0.29) is 0 Å². The summed E-state index contributed by atoms with van der Waals surface area (Å²) in [6.07, 6.45) is 2.19. The van der Waals surface area contributed by atoms with Crippen LogP contribution >= 0.6 is 27.7 Å². The number of aromatic nitrogens is 1. The van der Waals surface area contributed by atoms with Crippen LogP contribution in [-0.2, 0) is 11.2 Å². The molecule has 1 N–H and O–H groups in total. The SMILES string of the molecule is Cc1cc(SC(Cc2ccccc2)C(=O)O)ncc1Br. The van der Waals surface area contributed by atoms with Gasteiger partial charge in [0.15, 0.2) is 0 Å². The monoisotopic (exact) mass is 351 g/mol. The minimum absolute atomic E-state index is 0.484. The Bertz CT molecular complexity index is 604. The fraction of sp³-hybridized carbons (Fsp3) is 0.200. The molecule has 1 aromatic carbocycles. The summed E-state index contributed by atoms with van der Waals surface area (Å²) < 4.78 is 0.928. The first-order valence-electron chi connectivity index (χ1n) is 6.12. The standard InChI is InChI=1S/C15H14BrNO2S/c1-10-7-14(17-9-12(10)16)20-13(15(18)19)8-11-5-3-2-4-6-11/h2-7,9,13H,8H2,1H3,(H,18,19). The summed E-state index contributed by atoms with van der Waals surface area (Å²) in [4.78, 5) is 15.7. The number of benzene rings is 1. The zero-order valence-corrected chi connectivity index (χ0v) is 13.3. The van der Waals surface area contributed by atoms with Crippen LogP contribution in [-0.4, -0.2) is 21.3 Å². The average Bonchev–Trinajstić information content (AvgIpc) is 2.43. The van der Waals surface area contributed by atoms with Crippen LogP contribution in [0.3, 0.4) is 0 Å². The molecule has 0 spiro atoms. The third kappa shape index (κ3) is 4.08. The second-order valence-corrected chi connectivity index (χ2v) is 6.48. The molecule has 0 aliphatic rings. The number of rotatable bonds is 5. The van der Waals surface area contributed by atoms with Gasteiger partial charge < -0.3 is 5.11 Å². The van der Waals surface area contributed by atoms with Crippen molar-refractivity contribution in [1.82, 2.24) is 4.98 Å². The van der Waals surface area contributed by atoms with E-state index in [0.29, 0.717) is 6.42 Å². The second kappa shape index (κ2) is 6.90. The van der Waals surface area contributed by atoms with E-state index in [1.807, 2.05) is 43.3 Å². The highest BCUT2D eigenvalue weighted by molar-refractivity contribution is 9.10. The second-order valence-electron chi connectivity index (χ2n) is 4.41. The van der Waals surface area contributed by atoms with Crippen LogP contribution in [0.5, 0.6) is 0 Å². The predicted octanol–water partition coefficient (Wildman–Crippen LogP) is 3.94. The molecule has 1 aromatic heterocycles. The molecular weight excluding hydrogens is 338 g/mol. The summed E-state index contributed by atoms with van der Waals surface area (Å²) in [5, 5.41) is 9.56. The molecule has 0 bridgehead atoms. The first kappa shape index (κ1) is 15.1. The van der Waals surface area contributed by atoms with Crippen LogP contribution in [0.2, 0.25) is 0 Å². The number of hydrogen-bond donors (Lipinski definition) is 1. The summed E-state index contributed by atoms with van der Waals surface area (Å²) >= 11 is 4.67. The fourth-order valence-electron chi connectivity index (χ4n) is 1.73. The van der Waals surface area contributed by atoms with Gasteiger partial charge >= 0.3 is 5.97 Å². The van der Waals surface area contributed by atoms with Gasteiger partial charge in [-0.25, -0.2) is 4.98 Å². The maximum Gasteiger partial charge on any atom is 0.317 e. The van der Waals surface area contributed by atoms with Gasteiger partial charge in [-0.15, -0.1) is 0 Å². The number of aryl methyl sites for hydroxylation is 1. The maximum absolute atomic E-state index is 11.4. The van der Waals surface area contributed by atoms with Crippen LogP contribution in [0, 0.1) is 6.92 Å². The van der Waals surface area contributed by atoms with Gasteiger partial charge in [0.1, 0.15) is 5.25 Å². The topological polar surface area (TPSA) is 50.2 Å². The van der Waals surface area contributed by atoms with Crippen molar-refractivity contribution in [1.29, 1.82) is 0 Å². The van der Waals surface area contributed by atoms with Gasteiger partial charge in [-0.3, -0.25) is 4.79 Å². The highest BCUT2D eigenvalue weighted by atomic mass is 79.9. The summed E-state index contributed by atoms with van der Waals surface area (Å²) in [5.41, 5.74) is 2.06. The molecule has 2 rings (SSSR count). The Balaban J connectivity index is 2.13. The summed E-state index contributed by atoms with van der Waals surface area (Å²) in [5.74, 6) is -0.818. The van der Waals surface area contributed by atoms with E-state index >= 15 is 0 Å². The minimum Gasteiger partial charge on any atom is -0.480 e. The summed E-state index contributed by atoms with van der Waals surface area (Å²) in [7, 11) is 0. The molecule has 104 valence electrons. The van der Waals surface area contributed by atoms with Crippen molar-refractivity contribution in [2.75, 3.05) is 0 Å². The van der Waals surface area contributed by atoms with Gasteiger partial charge in [0.25, 0.3) is 0 Å². The Kier molecular flexibility index (Phi) is 5.20. The Hall–Kier alpha value is -1.33. The molecule has 0 aliphatic carbocycles. The number of pyridine rings is 1. The number of halogens is 1. The van der Waals surface area contributed by atoms with Crippen molar-refractivity contribution < 1.29 is 9.90 Å². The Morgan fingerprint density at radius 1 is 1.40 bits per heavy atom. The number of carbonyl (C=O) groups is 1. The molecule has 5 heteroatoms. The van der Waals surface area contributed by atoms with Crippen molar-refractivity contribution in [2.45, 2.75) is 23.6 Å². The summed E-state index contributed by atoms with van der Waals surface area (Å²) in [6, 6.07) is 11.5. The van der Waals surface area contributed by atoms with Crippen molar-refractivity contribution >= 4 is 33.7 Å². The minimum atomic E-state index is -0.818. The smallest absolute Gasteiger partial charge is 0.317 e. The van der Waals surface area contributed by atoms with Crippen LogP contribution in [0.1, 0.15) is 11.1 Å². The molecule has 20 heavy (non-hydrogen) atoms. The number of nitrogens with zero attached hydrogens (tertiary/aromatic N) is 1. The van der Waals surface area contributed by atoms with Gasteiger partial charge in [0.2, 0.25) is 0 Å². The quantitative estimate of drug-likeness (QED) is 0.828. The molecule has 0 fully saturated rings. The largest absolute Gasteiger partial charge is 0.480 e. The highest BCUT2D eigenvalue weighted by Gasteiger charge is 2.20. The van der Waals surface area contributed by atoms with E-state index in [2.05, 4.69) is 20.9 Å². The molecular formula is C15H14BrNO2S. The van der Waals surface area contributed by atoms with E-state index in [1.54, 1.807) is 6.20 Å². The molecule has 3 nitrogen and oxygen atoms in total. The predicted molar refractivity (Wildman–Crippen MR) is 84.1 cm³/mol. The van der Waals surface area contributed by atoms with Gasteiger partial charge in [0, 0.05) is 10.7 Å². The lowest BCUT2D eigenvalue weighted by atomic mass is 10.1. The van der Waals surface area contributed by atoms with E-state index in [9.17, 15) is 9.90 Å². The Morgan fingerprint density at radius 3 is 2.70 bits per heavy atom. The number of carboxylic acids is 1. The van der Waals surface area contributed by atoms with Gasteiger partial charge in [-0.05, 0) is 46.5 Å². The highest BCUT2D eigenvalue weighted by Crippen LogP contribution is 2.27. The van der Waals surface area contributed by atoms with Crippen LogP contribution < -0.4 is 0 Å². The van der Waals surface area contributed by atoms with Gasteiger partial charge in [-0.2, -0.15) is 0 Å². The Morgan fingerprint density at radius 2 is 2.10 bits per heavy atom. The molecule has 0 radical (unpaired) electrons. The number of carboxylic acid groups (broad SMARTS) is 1. The first-order chi connectivity index (χ1) is 9.56. The van der Waals surface area contributed by atoms with Crippen LogP contribution in [0.4, 0.5) is 0 Å². The molecule has 2 aromatic rings. The first-order valence-corrected chi connectivity index (χ1v) is 7.79. The zero-order valence-electron chi connectivity index (χ0n) is 10.9. The fourth-order valence-corrected chi connectivity index (χ4v) is 2.97. The van der Waals surface area contributed by atoms with Crippen molar-refractivity contribution in [3.05, 3.63) is 58.2 Å². The average molecular weight is 352 g/mol. The normalized spacial score (nSPS) is 12.1. The maximum atomic E-state index is 11.4. The van der Waals surface area contributed by atoms with Gasteiger partial charge in [-0.1, -0.05) is 42.1 Å². The van der Waals surface area contributed by atoms with E-state index in [1.165, 1.54) is 11.8 Å².